The molecule has 1 atom stereocenters. The van der Waals surface area contributed by atoms with Crippen LogP contribution in [0.5, 0.6) is 11.5 Å². The van der Waals surface area contributed by atoms with Gasteiger partial charge in [0.05, 0.1) is 0 Å². The summed E-state index contributed by atoms with van der Waals surface area (Å²) in [5, 5.41) is 2.99. The molecule has 1 N–H and O–H groups in total. The van der Waals surface area contributed by atoms with Crippen molar-refractivity contribution >= 4 is 17.4 Å². The number of rotatable bonds is 7. The number of nitrogens with zero attached hydrogens (tertiary/aromatic N) is 4. The van der Waals surface area contributed by atoms with Crippen LogP contribution in [-0.2, 0) is 4.79 Å². The molecule has 8 nitrogen and oxygen atoms in total. The van der Waals surface area contributed by atoms with E-state index >= 15 is 0 Å². The van der Waals surface area contributed by atoms with Crippen molar-refractivity contribution in [3.63, 3.8) is 0 Å². The third-order valence-electron chi connectivity index (χ3n) is 6.78. The Hall–Kier alpha value is -2.84. The fourth-order valence-corrected chi connectivity index (χ4v) is 5.03. The van der Waals surface area contributed by atoms with Crippen LogP contribution >= 0.6 is 0 Å². The van der Waals surface area contributed by atoms with E-state index in [1.807, 2.05) is 30.5 Å². The van der Waals surface area contributed by atoms with Gasteiger partial charge in [-0.05, 0) is 49.6 Å². The number of hydrogen-bond donors (Lipinski definition) is 1. The molecule has 33 heavy (non-hydrogen) atoms. The van der Waals surface area contributed by atoms with Crippen molar-refractivity contribution in [2.75, 3.05) is 69.4 Å². The van der Waals surface area contributed by atoms with E-state index < -0.39 is 0 Å². The van der Waals surface area contributed by atoms with Gasteiger partial charge in [0.25, 0.3) is 0 Å². The van der Waals surface area contributed by atoms with Crippen LogP contribution in [0.15, 0.2) is 42.6 Å². The Kier molecular flexibility index (Phi) is 6.92. The van der Waals surface area contributed by atoms with Gasteiger partial charge >= 0.3 is 0 Å². The van der Waals surface area contributed by atoms with Crippen LogP contribution in [0.2, 0.25) is 0 Å². The average molecular weight is 452 g/mol. The summed E-state index contributed by atoms with van der Waals surface area (Å²) in [5.74, 6) is 3.22. The SMILES string of the molecule is O=C(CCN1CCCC(CN2CCN(c3ccccn3)CC2)C1)Nc1ccc2c(c1)OCO2. The van der Waals surface area contributed by atoms with Crippen LogP contribution in [-0.4, -0.2) is 79.8 Å². The molecule has 176 valence electrons. The summed E-state index contributed by atoms with van der Waals surface area (Å²) in [4.78, 5) is 24.4. The Morgan fingerprint density at radius 3 is 2.76 bits per heavy atom. The third-order valence-corrected chi connectivity index (χ3v) is 6.78. The second kappa shape index (κ2) is 10.4. The normalized spacial score (nSPS) is 21.2. The first kappa shape index (κ1) is 22.0. The van der Waals surface area contributed by atoms with E-state index in [0.717, 1.165) is 69.6 Å². The van der Waals surface area contributed by atoms with Crippen molar-refractivity contribution in [1.29, 1.82) is 0 Å². The molecule has 3 aliphatic heterocycles. The number of piperazine rings is 1. The number of pyridine rings is 1. The molecule has 4 heterocycles. The predicted octanol–water partition coefficient (Wildman–Crippen LogP) is 2.67. The highest BCUT2D eigenvalue weighted by atomic mass is 16.7. The first-order valence-electron chi connectivity index (χ1n) is 12.0. The summed E-state index contributed by atoms with van der Waals surface area (Å²) < 4.78 is 10.7. The van der Waals surface area contributed by atoms with Crippen LogP contribution in [0.4, 0.5) is 11.5 Å². The number of aromatic nitrogens is 1. The number of carbonyl (C=O) groups excluding carboxylic acids is 1. The second-order valence-electron chi connectivity index (χ2n) is 9.15. The van der Waals surface area contributed by atoms with Crippen LogP contribution < -0.4 is 19.7 Å². The minimum atomic E-state index is 0.0432. The number of fused-ring (bicyclic) bond motifs is 1. The maximum Gasteiger partial charge on any atom is 0.231 e. The van der Waals surface area contributed by atoms with Gasteiger partial charge in [0, 0.05) is 70.2 Å². The minimum absolute atomic E-state index is 0.0432. The number of nitrogens with one attached hydrogen (secondary N) is 1. The van der Waals surface area contributed by atoms with E-state index in [1.54, 1.807) is 0 Å². The van der Waals surface area contributed by atoms with Gasteiger partial charge in [-0.1, -0.05) is 6.07 Å². The summed E-state index contributed by atoms with van der Waals surface area (Å²) in [5.41, 5.74) is 0.755. The molecule has 0 saturated carbocycles. The molecule has 5 rings (SSSR count). The number of hydrogen-bond acceptors (Lipinski definition) is 7. The number of carbonyl (C=O) groups is 1. The molecule has 1 aromatic carbocycles. The monoisotopic (exact) mass is 451 g/mol. The molecule has 0 radical (unpaired) electrons. The molecule has 0 aliphatic carbocycles. The van der Waals surface area contributed by atoms with Gasteiger partial charge in [-0.3, -0.25) is 9.69 Å². The van der Waals surface area contributed by atoms with E-state index in [9.17, 15) is 4.79 Å². The summed E-state index contributed by atoms with van der Waals surface area (Å²) in [6.07, 6.45) is 4.86. The molecule has 0 bridgehead atoms. The lowest BCUT2D eigenvalue weighted by Crippen LogP contribution is -2.50. The Labute approximate surface area is 195 Å². The Balaban J connectivity index is 1.03. The van der Waals surface area contributed by atoms with Crippen molar-refractivity contribution in [1.82, 2.24) is 14.8 Å². The number of ether oxygens (including phenoxy) is 2. The van der Waals surface area contributed by atoms with Crippen molar-refractivity contribution in [2.24, 2.45) is 5.92 Å². The number of benzene rings is 1. The van der Waals surface area contributed by atoms with Crippen LogP contribution in [0.3, 0.4) is 0 Å². The van der Waals surface area contributed by atoms with Gasteiger partial charge in [0.2, 0.25) is 12.7 Å². The summed E-state index contributed by atoms with van der Waals surface area (Å²) in [6.45, 7) is 8.61. The van der Waals surface area contributed by atoms with Crippen LogP contribution in [0, 0.1) is 5.92 Å². The fraction of sp³-hybridized carbons (Fsp3) is 0.520. The lowest BCUT2D eigenvalue weighted by Gasteiger charge is -2.39. The minimum Gasteiger partial charge on any atom is -0.454 e. The molecule has 0 spiro atoms. The summed E-state index contributed by atoms with van der Waals surface area (Å²) >= 11 is 0. The van der Waals surface area contributed by atoms with Crippen molar-refractivity contribution < 1.29 is 14.3 Å². The molecule has 8 heteroatoms. The molecule has 2 fully saturated rings. The first-order valence-corrected chi connectivity index (χ1v) is 12.0. The standard InChI is InChI=1S/C25H33N5O3/c31-25(27-21-6-7-22-23(16-21)33-19-32-22)8-11-28-10-3-4-20(17-28)18-29-12-14-30(15-13-29)24-5-1-2-9-26-24/h1-2,5-7,9,16,20H,3-4,8,10-15,17-19H2,(H,27,31). The highest BCUT2D eigenvalue weighted by Gasteiger charge is 2.25. The van der Waals surface area contributed by atoms with Gasteiger partial charge in [-0.15, -0.1) is 0 Å². The van der Waals surface area contributed by atoms with Gasteiger partial charge < -0.3 is 24.6 Å². The number of likely N-dealkylation sites (tertiary alicyclic amines) is 1. The molecule has 2 saturated heterocycles. The van der Waals surface area contributed by atoms with Gasteiger partial charge in [-0.2, -0.15) is 0 Å². The van der Waals surface area contributed by atoms with E-state index in [1.165, 1.54) is 12.8 Å². The molecule has 3 aliphatic rings. The predicted molar refractivity (Wildman–Crippen MR) is 128 cm³/mol. The lowest BCUT2D eigenvalue weighted by atomic mass is 9.97. The zero-order chi connectivity index (χ0) is 22.5. The molecule has 2 aromatic rings. The third kappa shape index (κ3) is 5.75. The fourth-order valence-electron chi connectivity index (χ4n) is 5.03. The van der Waals surface area contributed by atoms with Crippen molar-refractivity contribution in [3.8, 4) is 11.5 Å². The molecular weight excluding hydrogens is 418 g/mol. The highest BCUT2D eigenvalue weighted by Crippen LogP contribution is 2.34. The van der Waals surface area contributed by atoms with E-state index in [2.05, 4.69) is 37.1 Å². The summed E-state index contributed by atoms with van der Waals surface area (Å²) in [6, 6.07) is 11.6. The van der Waals surface area contributed by atoms with Crippen LogP contribution in [0.1, 0.15) is 19.3 Å². The lowest BCUT2D eigenvalue weighted by molar-refractivity contribution is -0.116. The molecular formula is C25H33N5O3. The van der Waals surface area contributed by atoms with Gasteiger partial charge in [0.15, 0.2) is 11.5 Å². The van der Waals surface area contributed by atoms with E-state index in [0.29, 0.717) is 18.1 Å². The molecule has 1 amide bonds. The maximum absolute atomic E-state index is 12.5. The largest absolute Gasteiger partial charge is 0.454 e. The molecule has 1 unspecified atom stereocenters. The number of amides is 1. The van der Waals surface area contributed by atoms with Gasteiger partial charge in [-0.25, -0.2) is 4.98 Å². The number of piperidine rings is 1. The second-order valence-corrected chi connectivity index (χ2v) is 9.15. The smallest absolute Gasteiger partial charge is 0.231 e. The Morgan fingerprint density at radius 2 is 1.91 bits per heavy atom. The maximum atomic E-state index is 12.5. The van der Waals surface area contributed by atoms with E-state index in [4.69, 9.17) is 9.47 Å². The Bertz CT molecular complexity index is 933. The van der Waals surface area contributed by atoms with E-state index in [-0.39, 0.29) is 12.7 Å². The van der Waals surface area contributed by atoms with Crippen LogP contribution in [0.25, 0.3) is 0 Å². The van der Waals surface area contributed by atoms with Crippen molar-refractivity contribution in [3.05, 3.63) is 42.6 Å². The highest BCUT2D eigenvalue weighted by molar-refractivity contribution is 5.91. The van der Waals surface area contributed by atoms with Crippen molar-refractivity contribution in [2.45, 2.75) is 19.3 Å². The topological polar surface area (TPSA) is 70.2 Å². The zero-order valence-corrected chi connectivity index (χ0v) is 19.1. The zero-order valence-electron chi connectivity index (χ0n) is 19.1. The number of anilines is 2. The Morgan fingerprint density at radius 1 is 1.03 bits per heavy atom. The average Bonchev–Trinajstić information content (AvgIpc) is 3.32. The quantitative estimate of drug-likeness (QED) is 0.694. The summed E-state index contributed by atoms with van der Waals surface area (Å²) in [7, 11) is 0. The van der Waals surface area contributed by atoms with Gasteiger partial charge in [0.1, 0.15) is 5.82 Å². The first-order chi connectivity index (χ1) is 16.2. The molecule has 1 aromatic heterocycles.